The van der Waals surface area contributed by atoms with E-state index in [2.05, 4.69) is 25.2 Å². The Bertz CT molecular complexity index is 810. The van der Waals surface area contributed by atoms with Gasteiger partial charge in [0.25, 0.3) is 0 Å². The Balaban J connectivity index is 1.94. The van der Waals surface area contributed by atoms with Gasteiger partial charge in [-0.3, -0.25) is 4.79 Å². The average molecular weight is 523 g/mol. The van der Waals surface area contributed by atoms with Crippen LogP contribution in [-0.2, 0) is 20.7 Å². The number of rotatable bonds is 16. The fourth-order valence-corrected chi connectivity index (χ4v) is 4.93. The zero-order valence-electron chi connectivity index (χ0n) is 23.8. The lowest BCUT2D eigenvalue weighted by Crippen LogP contribution is -2.49. The number of aliphatic hydroxyl groups is 1. The van der Waals surface area contributed by atoms with Crippen molar-refractivity contribution in [2.75, 3.05) is 47.2 Å². The second kappa shape index (κ2) is 15.5. The molecule has 0 unspecified atom stereocenters. The van der Waals surface area contributed by atoms with Gasteiger partial charge in [-0.05, 0) is 61.1 Å². The normalized spacial score (nSPS) is 17.3. The number of carbonyl (C=O) groups is 1. The highest BCUT2D eigenvalue weighted by Crippen LogP contribution is 2.35. The van der Waals surface area contributed by atoms with Gasteiger partial charge in [-0.2, -0.15) is 0 Å². The van der Waals surface area contributed by atoms with Crippen LogP contribution in [0.5, 0.6) is 11.5 Å². The SMILES string of the molecule is COCCCOc1cc(C[C@@H](C[C@H](N)[C@@H](O)CNC(=O)C(C)(C)C2CCOCC2)C(C)C)ccc1OC. The zero-order chi connectivity index (χ0) is 27.4. The van der Waals surface area contributed by atoms with Crippen molar-refractivity contribution in [2.45, 2.75) is 71.9 Å². The monoisotopic (exact) mass is 522 g/mol. The van der Waals surface area contributed by atoms with E-state index < -0.39 is 17.6 Å². The van der Waals surface area contributed by atoms with Gasteiger partial charge >= 0.3 is 0 Å². The van der Waals surface area contributed by atoms with Crippen molar-refractivity contribution < 1.29 is 28.8 Å². The first-order valence-corrected chi connectivity index (χ1v) is 13.7. The molecule has 37 heavy (non-hydrogen) atoms. The van der Waals surface area contributed by atoms with Crippen LogP contribution in [0.25, 0.3) is 0 Å². The molecular formula is C29H50N2O6. The lowest BCUT2D eigenvalue weighted by atomic mass is 9.74. The van der Waals surface area contributed by atoms with Crippen molar-refractivity contribution in [3.05, 3.63) is 23.8 Å². The summed E-state index contributed by atoms with van der Waals surface area (Å²) >= 11 is 0. The summed E-state index contributed by atoms with van der Waals surface area (Å²) in [7, 11) is 3.31. The molecule has 1 aromatic rings. The number of ether oxygens (including phenoxy) is 4. The summed E-state index contributed by atoms with van der Waals surface area (Å²) in [5.41, 5.74) is 7.07. The van der Waals surface area contributed by atoms with Crippen molar-refractivity contribution in [1.29, 1.82) is 0 Å². The molecule has 0 aromatic heterocycles. The fraction of sp³-hybridized carbons (Fsp3) is 0.759. The summed E-state index contributed by atoms with van der Waals surface area (Å²) in [5.74, 6) is 2.28. The van der Waals surface area contributed by atoms with Gasteiger partial charge in [-0.25, -0.2) is 0 Å². The highest BCUT2D eigenvalue weighted by Gasteiger charge is 2.37. The van der Waals surface area contributed by atoms with Crippen LogP contribution in [0.3, 0.4) is 0 Å². The summed E-state index contributed by atoms with van der Waals surface area (Å²) in [5, 5.41) is 13.7. The standard InChI is InChI=1S/C29H50N2O6/c1-20(2)22(16-21-8-9-26(35-6)27(17-21)37-13-7-12-34-5)18-24(30)25(32)19-31-28(33)29(3,4)23-10-14-36-15-11-23/h8-9,17,20,22-25,32H,7,10-16,18-19,30H2,1-6H3,(H,31,33)/t22-,24-,25-/m0/s1. The Morgan fingerprint density at radius 3 is 2.51 bits per heavy atom. The number of methoxy groups -OCH3 is 2. The van der Waals surface area contributed by atoms with E-state index in [9.17, 15) is 9.90 Å². The Morgan fingerprint density at radius 2 is 1.89 bits per heavy atom. The molecule has 3 atom stereocenters. The Labute approximate surface area is 223 Å². The zero-order valence-corrected chi connectivity index (χ0v) is 23.8. The number of amides is 1. The van der Waals surface area contributed by atoms with Gasteiger partial charge in [0.2, 0.25) is 5.91 Å². The minimum Gasteiger partial charge on any atom is -0.493 e. The minimum atomic E-state index is -0.814. The van der Waals surface area contributed by atoms with Crippen molar-refractivity contribution in [1.82, 2.24) is 5.32 Å². The fourth-order valence-electron chi connectivity index (χ4n) is 4.93. The number of aliphatic hydroxyl groups excluding tert-OH is 1. The summed E-state index contributed by atoms with van der Waals surface area (Å²) < 4.78 is 21.9. The van der Waals surface area contributed by atoms with E-state index in [0.29, 0.717) is 44.5 Å². The van der Waals surface area contributed by atoms with Crippen LogP contribution in [0.4, 0.5) is 0 Å². The number of nitrogens with one attached hydrogen (secondary N) is 1. The van der Waals surface area contributed by atoms with Crippen molar-refractivity contribution in [3.63, 3.8) is 0 Å². The summed E-state index contributed by atoms with van der Waals surface area (Å²) in [4.78, 5) is 12.9. The van der Waals surface area contributed by atoms with E-state index in [1.54, 1.807) is 14.2 Å². The largest absolute Gasteiger partial charge is 0.493 e. The molecule has 4 N–H and O–H groups in total. The van der Waals surface area contributed by atoms with Gasteiger partial charge in [0.05, 0.1) is 19.8 Å². The van der Waals surface area contributed by atoms with E-state index in [0.717, 1.165) is 37.0 Å². The highest BCUT2D eigenvalue weighted by atomic mass is 16.5. The average Bonchev–Trinajstić information content (AvgIpc) is 2.89. The number of hydrogen-bond donors (Lipinski definition) is 3. The molecule has 212 valence electrons. The van der Waals surface area contributed by atoms with Crippen LogP contribution in [0, 0.1) is 23.2 Å². The minimum absolute atomic E-state index is 0.0395. The molecule has 0 saturated carbocycles. The maximum atomic E-state index is 12.9. The molecule has 1 amide bonds. The molecule has 1 heterocycles. The third-order valence-corrected chi connectivity index (χ3v) is 7.79. The van der Waals surface area contributed by atoms with Crippen LogP contribution in [0.15, 0.2) is 18.2 Å². The summed E-state index contributed by atoms with van der Waals surface area (Å²) in [6.07, 6.45) is 3.20. The first-order valence-electron chi connectivity index (χ1n) is 13.7. The second-order valence-corrected chi connectivity index (χ2v) is 11.2. The summed E-state index contributed by atoms with van der Waals surface area (Å²) in [6, 6.07) is 5.57. The first-order chi connectivity index (χ1) is 17.6. The van der Waals surface area contributed by atoms with Gasteiger partial charge < -0.3 is 35.1 Å². The van der Waals surface area contributed by atoms with E-state index in [-0.39, 0.29) is 24.3 Å². The third kappa shape index (κ3) is 9.74. The molecule has 1 fully saturated rings. The molecule has 1 saturated heterocycles. The smallest absolute Gasteiger partial charge is 0.226 e. The first kappa shape index (κ1) is 31.3. The third-order valence-electron chi connectivity index (χ3n) is 7.79. The molecule has 1 aromatic carbocycles. The maximum absolute atomic E-state index is 12.9. The van der Waals surface area contributed by atoms with E-state index in [1.807, 2.05) is 26.0 Å². The molecule has 8 heteroatoms. The molecule has 0 spiro atoms. The molecule has 1 aliphatic heterocycles. The van der Waals surface area contributed by atoms with Crippen LogP contribution >= 0.6 is 0 Å². The predicted octanol–water partition coefficient (Wildman–Crippen LogP) is 3.57. The van der Waals surface area contributed by atoms with Gasteiger partial charge in [0, 0.05) is 51.4 Å². The van der Waals surface area contributed by atoms with Gasteiger partial charge in [0.1, 0.15) is 0 Å². The number of carbonyl (C=O) groups excluding carboxylic acids is 1. The molecule has 0 aliphatic carbocycles. The molecule has 8 nitrogen and oxygen atoms in total. The van der Waals surface area contributed by atoms with E-state index in [4.69, 9.17) is 24.7 Å². The number of hydrogen-bond acceptors (Lipinski definition) is 7. The lowest BCUT2D eigenvalue weighted by Gasteiger charge is -2.36. The second-order valence-electron chi connectivity index (χ2n) is 11.2. The quantitative estimate of drug-likeness (QED) is 0.285. The van der Waals surface area contributed by atoms with Gasteiger partial charge in [0.15, 0.2) is 11.5 Å². The molecule has 0 radical (unpaired) electrons. The van der Waals surface area contributed by atoms with Crippen LogP contribution in [0.1, 0.15) is 58.9 Å². The number of nitrogens with two attached hydrogens (primary N) is 1. The van der Waals surface area contributed by atoms with Gasteiger partial charge in [-0.15, -0.1) is 0 Å². The van der Waals surface area contributed by atoms with Crippen LogP contribution in [-0.4, -0.2) is 70.4 Å². The number of benzene rings is 1. The Hall–Kier alpha value is -1.87. The molecule has 0 bridgehead atoms. The van der Waals surface area contributed by atoms with E-state index >= 15 is 0 Å². The van der Waals surface area contributed by atoms with Crippen molar-refractivity contribution in [2.24, 2.45) is 28.9 Å². The highest BCUT2D eigenvalue weighted by molar-refractivity contribution is 5.82. The maximum Gasteiger partial charge on any atom is 0.226 e. The summed E-state index contributed by atoms with van der Waals surface area (Å²) in [6.45, 7) is 11.0. The Kier molecular flexibility index (Phi) is 13.1. The lowest BCUT2D eigenvalue weighted by molar-refractivity contribution is -0.134. The van der Waals surface area contributed by atoms with Crippen LogP contribution < -0.4 is 20.5 Å². The predicted molar refractivity (Wildman–Crippen MR) is 146 cm³/mol. The molecule has 1 aliphatic rings. The van der Waals surface area contributed by atoms with Gasteiger partial charge in [-0.1, -0.05) is 33.8 Å². The molecule has 2 rings (SSSR count). The van der Waals surface area contributed by atoms with Crippen molar-refractivity contribution >= 4 is 5.91 Å². The van der Waals surface area contributed by atoms with Crippen LogP contribution in [0.2, 0.25) is 0 Å². The topological polar surface area (TPSA) is 112 Å². The molecular weight excluding hydrogens is 472 g/mol. The Morgan fingerprint density at radius 1 is 1.19 bits per heavy atom. The van der Waals surface area contributed by atoms with E-state index in [1.165, 1.54) is 0 Å². The van der Waals surface area contributed by atoms with Crippen molar-refractivity contribution in [3.8, 4) is 11.5 Å².